The molecule has 160 valence electrons. The van der Waals surface area contributed by atoms with Gasteiger partial charge in [-0.2, -0.15) is 0 Å². The van der Waals surface area contributed by atoms with E-state index in [0.29, 0.717) is 17.9 Å². The van der Waals surface area contributed by atoms with E-state index in [-0.39, 0.29) is 23.0 Å². The molecule has 0 saturated carbocycles. The molecule has 1 aromatic heterocycles. The fourth-order valence-corrected chi connectivity index (χ4v) is 2.82. The third-order valence-electron chi connectivity index (χ3n) is 4.18. The highest BCUT2D eigenvalue weighted by molar-refractivity contribution is 6.04. The lowest BCUT2D eigenvalue weighted by atomic mass is 10.1. The number of carbonyl (C=O) groups is 1. The van der Waals surface area contributed by atoms with Crippen molar-refractivity contribution in [2.24, 2.45) is 0 Å². The van der Waals surface area contributed by atoms with Crippen LogP contribution in [0.1, 0.15) is 28.4 Å². The van der Waals surface area contributed by atoms with Gasteiger partial charge in [0.2, 0.25) is 0 Å². The first-order valence-electron chi connectivity index (χ1n) is 9.46. The van der Waals surface area contributed by atoms with Crippen LogP contribution in [-0.4, -0.2) is 35.7 Å². The summed E-state index contributed by atoms with van der Waals surface area (Å²) >= 11 is 0. The quantitative estimate of drug-likeness (QED) is 0.535. The number of aromatic nitrogens is 2. The van der Waals surface area contributed by atoms with Crippen LogP contribution in [0.4, 0.5) is 14.6 Å². The second-order valence-corrected chi connectivity index (χ2v) is 6.69. The smallest absolute Gasteiger partial charge is 0.257 e. The second-order valence-electron chi connectivity index (χ2n) is 6.69. The van der Waals surface area contributed by atoms with Gasteiger partial charge in [-0.3, -0.25) is 9.78 Å². The summed E-state index contributed by atoms with van der Waals surface area (Å²) in [5, 5.41) is 2.65. The third-order valence-corrected chi connectivity index (χ3v) is 4.18. The Balaban J connectivity index is 1.92. The Labute approximate surface area is 178 Å². The minimum absolute atomic E-state index is 0.174. The van der Waals surface area contributed by atoms with Crippen molar-refractivity contribution in [3.8, 4) is 5.75 Å². The molecule has 0 aliphatic carbocycles. The van der Waals surface area contributed by atoms with Crippen molar-refractivity contribution in [1.29, 1.82) is 0 Å². The lowest BCUT2D eigenvalue weighted by Crippen LogP contribution is -2.19. The summed E-state index contributed by atoms with van der Waals surface area (Å²) < 4.78 is 38.8. The zero-order valence-corrected chi connectivity index (χ0v) is 17.0. The van der Waals surface area contributed by atoms with Gasteiger partial charge in [-0.25, -0.2) is 13.8 Å². The Morgan fingerprint density at radius 2 is 1.94 bits per heavy atom. The lowest BCUT2D eigenvalue weighted by molar-refractivity contribution is 0.0917. The molecule has 3 aromatic rings. The largest absolute Gasteiger partial charge is 0.488 e. The van der Waals surface area contributed by atoms with Crippen LogP contribution < -0.4 is 10.1 Å². The summed E-state index contributed by atoms with van der Waals surface area (Å²) in [6, 6.07) is 8.46. The first kappa shape index (κ1) is 22.0. The average molecular weight is 425 g/mol. The van der Waals surface area contributed by atoms with Crippen molar-refractivity contribution in [1.82, 2.24) is 9.97 Å². The molecule has 1 N–H and O–H groups in total. The highest BCUT2D eigenvalue weighted by Gasteiger charge is 2.12. The van der Waals surface area contributed by atoms with E-state index in [1.54, 1.807) is 25.3 Å². The summed E-state index contributed by atoms with van der Waals surface area (Å²) in [5.74, 6) is -1.10. The molecule has 0 bridgehead atoms. The van der Waals surface area contributed by atoms with Gasteiger partial charge in [-0.05, 0) is 48.9 Å². The van der Waals surface area contributed by atoms with Crippen LogP contribution in [0.15, 0.2) is 55.0 Å². The first-order chi connectivity index (χ1) is 15.0. The minimum atomic E-state index is -0.682. The van der Waals surface area contributed by atoms with E-state index in [4.69, 9.17) is 9.47 Å². The van der Waals surface area contributed by atoms with Crippen LogP contribution in [-0.2, 0) is 4.74 Å². The van der Waals surface area contributed by atoms with Gasteiger partial charge in [0.25, 0.3) is 5.91 Å². The van der Waals surface area contributed by atoms with E-state index < -0.39 is 17.5 Å². The zero-order valence-electron chi connectivity index (χ0n) is 17.0. The molecule has 1 heterocycles. The number of methoxy groups -OCH3 is 1. The molecule has 0 spiro atoms. The molecule has 0 saturated heterocycles. The van der Waals surface area contributed by atoms with Crippen molar-refractivity contribution in [3.05, 3.63) is 83.3 Å². The van der Waals surface area contributed by atoms with E-state index in [1.807, 2.05) is 6.92 Å². The number of hydrogen-bond donors (Lipinski definition) is 1. The normalized spacial score (nSPS) is 12.0. The number of nitrogens with zero attached hydrogens (tertiary/aromatic N) is 2. The van der Waals surface area contributed by atoms with Crippen molar-refractivity contribution in [2.45, 2.75) is 13.0 Å². The molecule has 3 rings (SSSR count). The number of halogens is 2. The molecule has 0 unspecified atom stereocenters. The van der Waals surface area contributed by atoms with Crippen LogP contribution in [0.3, 0.4) is 0 Å². The molecular weight excluding hydrogens is 404 g/mol. The van der Waals surface area contributed by atoms with Gasteiger partial charge in [0.1, 0.15) is 23.5 Å². The van der Waals surface area contributed by atoms with Crippen molar-refractivity contribution >= 4 is 23.9 Å². The number of hydrogen-bond acceptors (Lipinski definition) is 5. The summed E-state index contributed by atoms with van der Waals surface area (Å²) in [6.45, 7) is 2.17. The molecule has 2 aromatic carbocycles. The van der Waals surface area contributed by atoms with Gasteiger partial charge in [-0.15, -0.1) is 0 Å². The number of rotatable bonds is 8. The number of amides is 1. The number of anilines is 1. The van der Waals surface area contributed by atoms with Crippen molar-refractivity contribution < 1.29 is 23.0 Å². The molecule has 0 radical (unpaired) electrons. The lowest BCUT2D eigenvalue weighted by Gasteiger charge is -2.15. The van der Waals surface area contributed by atoms with Crippen molar-refractivity contribution in [3.63, 3.8) is 0 Å². The van der Waals surface area contributed by atoms with Gasteiger partial charge in [0.15, 0.2) is 5.82 Å². The average Bonchev–Trinajstić information content (AvgIpc) is 2.74. The predicted octanol–water partition coefficient (Wildman–Crippen LogP) is 4.59. The highest BCUT2D eigenvalue weighted by Crippen LogP contribution is 2.23. The van der Waals surface area contributed by atoms with Crippen LogP contribution in [0.25, 0.3) is 12.2 Å². The molecule has 8 heteroatoms. The Bertz CT molecular complexity index is 1050. The first-order valence-corrected chi connectivity index (χ1v) is 9.46. The van der Waals surface area contributed by atoms with Gasteiger partial charge < -0.3 is 14.8 Å². The predicted molar refractivity (Wildman–Crippen MR) is 114 cm³/mol. The molecule has 6 nitrogen and oxygen atoms in total. The van der Waals surface area contributed by atoms with E-state index in [0.717, 1.165) is 0 Å². The number of carbonyl (C=O) groups excluding carboxylic acids is 1. The third kappa shape index (κ3) is 6.16. The Hall–Kier alpha value is -3.65. The Morgan fingerprint density at radius 3 is 2.61 bits per heavy atom. The van der Waals surface area contributed by atoms with Gasteiger partial charge in [0, 0.05) is 30.6 Å². The maximum atomic E-state index is 13.9. The number of nitrogens with one attached hydrogen (secondary N) is 1. The summed E-state index contributed by atoms with van der Waals surface area (Å²) in [6.07, 6.45) is 6.91. The van der Waals surface area contributed by atoms with Crippen LogP contribution in [0.2, 0.25) is 0 Å². The molecule has 1 atom stereocenters. The molecular formula is C23H21F2N3O3. The van der Waals surface area contributed by atoms with E-state index in [1.165, 1.54) is 48.9 Å². The Kier molecular flexibility index (Phi) is 7.40. The topological polar surface area (TPSA) is 73.3 Å². The summed E-state index contributed by atoms with van der Waals surface area (Å²) in [5.41, 5.74) is 0.627. The maximum absolute atomic E-state index is 13.9. The monoisotopic (exact) mass is 425 g/mol. The number of ether oxygens (including phenoxy) is 2. The zero-order chi connectivity index (χ0) is 22.2. The van der Waals surface area contributed by atoms with E-state index in [9.17, 15) is 13.6 Å². The summed E-state index contributed by atoms with van der Waals surface area (Å²) in [7, 11) is 1.56. The molecule has 0 aliphatic heterocycles. The van der Waals surface area contributed by atoms with Gasteiger partial charge >= 0.3 is 0 Å². The second kappa shape index (κ2) is 10.4. The number of benzene rings is 2. The van der Waals surface area contributed by atoms with Gasteiger partial charge in [0.05, 0.1) is 12.8 Å². The highest BCUT2D eigenvalue weighted by atomic mass is 19.1. The molecule has 1 amide bonds. The fraction of sp³-hybridized carbons (Fsp3) is 0.174. The van der Waals surface area contributed by atoms with Gasteiger partial charge in [-0.1, -0.05) is 12.1 Å². The van der Waals surface area contributed by atoms with E-state index >= 15 is 0 Å². The summed E-state index contributed by atoms with van der Waals surface area (Å²) in [4.78, 5) is 20.6. The van der Waals surface area contributed by atoms with Crippen LogP contribution in [0.5, 0.6) is 5.75 Å². The molecule has 0 aliphatic rings. The van der Waals surface area contributed by atoms with Crippen LogP contribution >= 0.6 is 0 Å². The Morgan fingerprint density at radius 1 is 1.16 bits per heavy atom. The molecule has 31 heavy (non-hydrogen) atoms. The SMILES string of the molecule is COC[C@H](C)Oc1cc(C=Cc2c(F)cccc2F)cc(C(=O)Nc2cnccn2)c1. The van der Waals surface area contributed by atoms with Crippen molar-refractivity contribution in [2.75, 3.05) is 19.0 Å². The minimum Gasteiger partial charge on any atom is -0.488 e. The maximum Gasteiger partial charge on any atom is 0.257 e. The fourth-order valence-electron chi connectivity index (χ4n) is 2.82. The van der Waals surface area contributed by atoms with Crippen LogP contribution in [0, 0.1) is 11.6 Å². The van der Waals surface area contributed by atoms with E-state index in [2.05, 4.69) is 15.3 Å². The molecule has 0 fully saturated rings. The standard InChI is InChI=1S/C23H21F2N3O3/c1-15(14-30-2)31-18-11-16(6-7-19-20(24)4-3-5-21(19)25)10-17(12-18)23(29)28-22-13-26-8-9-27-22/h3-13,15H,14H2,1-2H3,(H,27,28,29)/t15-/m0/s1.